The Morgan fingerprint density at radius 2 is 1.70 bits per heavy atom. The number of hydrogen-bond donors (Lipinski definition) is 0. The molecule has 0 saturated heterocycles. The van der Waals surface area contributed by atoms with Crippen molar-refractivity contribution in [3.8, 4) is 0 Å². The molecule has 4 rings (SSSR count). The summed E-state index contributed by atoms with van der Waals surface area (Å²) in [6, 6.07) is 15.0. The van der Waals surface area contributed by atoms with Crippen LogP contribution in [-0.2, 0) is 17.7 Å². The fourth-order valence-electron chi connectivity index (χ4n) is 3.24. The molecule has 2 heterocycles. The number of para-hydroxylation sites is 2. The smallest absolute Gasteiger partial charge is 0.423 e. The molecular weight excluding hydrogens is 384 g/mol. The third-order valence-corrected chi connectivity index (χ3v) is 4.54. The van der Waals surface area contributed by atoms with Crippen molar-refractivity contribution >= 4 is 17.1 Å². The van der Waals surface area contributed by atoms with Crippen molar-refractivity contribution in [1.82, 2.24) is 19.3 Å². The van der Waals surface area contributed by atoms with Gasteiger partial charge in [0.25, 0.3) is 0 Å². The molecular formula is C22H22N4O4. The van der Waals surface area contributed by atoms with Gasteiger partial charge in [0.05, 0.1) is 24.0 Å². The Bertz CT molecular complexity index is 1230. The lowest BCUT2D eigenvalue weighted by atomic mass is 10.1. The SMILES string of the molecule is CC(C)(C)OC(=O)n1c(=O)n(Cc2ccc(Cc3nnco3)cc2)c2ccccc21. The van der Waals surface area contributed by atoms with Gasteiger partial charge >= 0.3 is 11.8 Å². The van der Waals surface area contributed by atoms with Crippen LogP contribution in [0.2, 0.25) is 0 Å². The summed E-state index contributed by atoms with van der Waals surface area (Å²) in [6.45, 7) is 5.64. The summed E-state index contributed by atoms with van der Waals surface area (Å²) >= 11 is 0. The molecule has 0 radical (unpaired) electrons. The first kappa shape index (κ1) is 19.6. The molecule has 2 aromatic heterocycles. The monoisotopic (exact) mass is 406 g/mol. The molecule has 154 valence electrons. The first-order valence-corrected chi connectivity index (χ1v) is 9.58. The van der Waals surface area contributed by atoms with Crippen molar-refractivity contribution in [1.29, 1.82) is 0 Å². The van der Waals surface area contributed by atoms with Crippen LogP contribution >= 0.6 is 0 Å². The molecule has 2 aromatic carbocycles. The Kier molecular flexibility index (Phi) is 4.99. The van der Waals surface area contributed by atoms with E-state index in [0.717, 1.165) is 15.7 Å². The van der Waals surface area contributed by atoms with Gasteiger partial charge in [0.2, 0.25) is 12.3 Å². The number of carbonyl (C=O) groups is 1. The molecule has 0 unspecified atom stereocenters. The van der Waals surface area contributed by atoms with Crippen molar-refractivity contribution in [2.75, 3.05) is 0 Å². The highest BCUT2D eigenvalue weighted by atomic mass is 16.6. The molecule has 0 atom stereocenters. The number of imidazole rings is 1. The maximum absolute atomic E-state index is 13.1. The van der Waals surface area contributed by atoms with Crippen LogP contribution in [0.4, 0.5) is 4.79 Å². The van der Waals surface area contributed by atoms with Crippen LogP contribution in [0.25, 0.3) is 11.0 Å². The van der Waals surface area contributed by atoms with Crippen LogP contribution in [0.5, 0.6) is 0 Å². The van der Waals surface area contributed by atoms with E-state index in [0.29, 0.717) is 29.9 Å². The fraction of sp³-hybridized carbons (Fsp3) is 0.273. The second-order valence-electron chi connectivity index (χ2n) is 8.00. The second kappa shape index (κ2) is 7.62. The summed E-state index contributed by atoms with van der Waals surface area (Å²) in [5.41, 5.74) is 2.01. The fourth-order valence-corrected chi connectivity index (χ4v) is 3.24. The molecule has 0 aliphatic carbocycles. The van der Waals surface area contributed by atoms with E-state index in [9.17, 15) is 9.59 Å². The minimum absolute atomic E-state index is 0.329. The predicted octanol–water partition coefficient (Wildman–Crippen LogP) is 3.61. The van der Waals surface area contributed by atoms with E-state index in [4.69, 9.17) is 9.15 Å². The van der Waals surface area contributed by atoms with Gasteiger partial charge in [0, 0.05) is 0 Å². The Labute approximate surface area is 172 Å². The summed E-state index contributed by atoms with van der Waals surface area (Å²) in [5, 5.41) is 7.56. The molecule has 0 spiro atoms. The summed E-state index contributed by atoms with van der Waals surface area (Å²) in [4.78, 5) is 25.8. The van der Waals surface area contributed by atoms with Gasteiger partial charge in [-0.2, -0.15) is 4.57 Å². The Hall–Kier alpha value is -3.68. The molecule has 0 aliphatic heterocycles. The van der Waals surface area contributed by atoms with Gasteiger partial charge in [-0.15, -0.1) is 10.2 Å². The van der Waals surface area contributed by atoms with Crippen LogP contribution in [0.3, 0.4) is 0 Å². The van der Waals surface area contributed by atoms with Gasteiger partial charge in [-0.05, 0) is 44.0 Å². The zero-order valence-electron chi connectivity index (χ0n) is 17.0. The molecule has 8 nitrogen and oxygen atoms in total. The minimum Gasteiger partial charge on any atom is -0.443 e. The number of fused-ring (bicyclic) bond motifs is 1. The zero-order valence-corrected chi connectivity index (χ0v) is 17.0. The summed E-state index contributed by atoms with van der Waals surface area (Å²) in [7, 11) is 0. The lowest BCUT2D eigenvalue weighted by Gasteiger charge is -2.19. The average molecular weight is 406 g/mol. The van der Waals surface area contributed by atoms with E-state index in [-0.39, 0.29) is 0 Å². The van der Waals surface area contributed by atoms with E-state index in [1.165, 1.54) is 6.39 Å². The van der Waals surface area contributed by atoms with Gasteiger partial charge in [0.15, 0.2) is 0 Å². The highest BCUT2D eigenvalue weighted by Crippen LogP contribution is 2.17. The molecule has 30 heavy (non-hydrogen) atoms. The summed E-state index contributed by atoms with van der Waals surface area (Å²) in [6.07, 6.45) is 1.16. The highest BCUT2D eigenvalue weighted by Gasteiger charge is 2.23. The Balaban J connectivity index is 1.65. The van der Waals surface area contributed by atoms with Crippen LogP contribution in [0, 0.1) is 0 Å². The second-order valence-corrected chi connectivity index (χ2v) is 8.00. The normalized spacial score (nSPS) is 11.7. The molecule has 0 amide bonds. The van der Waals surface area contributed by atoms with E-state index < -0.39 is 17.4 Å². The lowest BCUT2D eigenvalue weighted by molar-refractivity contribution is 0.0537. The van der Waals surface area contributed by atoms with Gasteiger partial charge in [-0.25, -0.2) is 9.59 Å². The number of hydrogen-bond acceptors (Lipinski definition) is 6. The Morgan fingerprint density at radius 1 is 1.03 bits per heavy atom. The number of aromatic nitrogens is 4. The topological polar surface area (TPSA) is 92.2 Å². The predicted molar refractivity (Wildman–Crippen MR) is 110 cm³/mol. The van der Waals surface area contributed by atoms with Gasteiger partial charge in [-0.3, -0.25) is 4.57 Å². The zero-order chi connectivity index (χ0) is 21.3. The van der Waals surface area contributed by atoms with Crippen molar-refractivity contribution in [3.05, 3.63) is 82.4 Å². The standard InChI is InChI=1S/C22H22N4O4/c1-22(2,3)30-21(28)26-18-7-5-4-6-17(18)25(20(26)27)13-16-10-8-15(9-11-16)12-19-24-23-14-29-19/h4-11,14H,12-13H2,1-3H3. The van der Waals surface area contributed by atoms with Gasteiger partial charge in [0.1, 0.15) is 5.60 Å². The maximum atomic E-state index is 13.1. The average Bonchev–Trinajstić information content (AvgIpc) is 3.28. The molecule has 0 saturated carbocycles. The quantitative estimate of drug-likeness (QED) is 0.514. The lowest BCUT2D eigenvalue weighted by Crippen LogP contribution is -2.34. The van der Waals surface area contributed by atoms with Crippen LogP contribution in [-0.4, -0.2) is 31.0 Å². The number of carbonyl (C=O) groups excluding carboxylic acids is 1. The first-order valence-electron chi connectivity index (χ1n) is 9.58. The van der Waals surface area contributed by atoms with Gasteiger partial charge in [-0.1, -0.05) is 36.4 Å². The number of rotatable bonds is 4. The number of nitrogens with zero attached hydrogens (tertiary/aromatic N) is 4. The van der Waals surface area contributed by atoms with E-state index in [1.807, 2.05) is 36.4 Å². The number of benzene rings is 2. The van der Waals surface area contributed by atoms with E-state index in [2.05, 4.69) is 10.2 Å². The summed E-state index contributed by atoms with van der Waals surface area (Å²) in [5.74, 6) is 0.541. The van der Waals surface area contributed by atoms with E-state index in [1.54, 1.807) is 37.5 Å². The molecule has 0 N–H and O–H groups in total. The summed E-state index contributed by atoms with van der Waals surface area (Å²) < 4.78 is 13.3. The van der Waals surface area contributed by atoms with E-state index >= 15 is 0 Å². The minimum atomic E-state index is -0.700. The van der Waals surface area contributed by atoms with Crippen LogP contribution in [0.15, 0.2) is 64.1 Å². The molecule has 8 heteroatoms. The van der Waals surface area contributed by atoms with Crippen molar-refractivity contribution in [2.45, 2.75) is 39.3 Å². The third kappa shape index (κ3) is 4.03. The van der Waals surface area contributed by atoms with Crippen LogP contribution in [0.1, 0.15) is 37.8 Å². The molecule has 0 fully saturated rings. The molecule has 0 bridgehead atoms. The maximum Gasteiger partial charge on any atom is 0.423 e. The van der Waals surface area contributed by atoms with Crippen molar-refractivity contribution in [2.24, 2.45) is 0 Å². The molecule has 4 aromatic rings. The Morgan fingerprint density at radius 3 is 2.33 bits per heavy atom. The molecule has 0 aliphatic rings. The third-order valence-electron chi connectivity index (χ3n) is 4.54. The van der Waals surface area contributed by atoms with Crippen LogP contribution < -0.4 is 5.69 Å². The van der Waals surface area contributed by atoms with Gasteiger partial charge < -0.3 is 9.15 Å². The largest absolute Gasteiger partial charge is 0.443 e. The first-order chi connectivity index (χ1) is 14.3. The highest BCUT2D eigenvalue weighted by molar-refractivity contribution is 5.87. The van der Waals surface area contributed by atoms with Crippen molar-refractivity contribution < 1.29 is 13.9 Å². The number of ether oxygens (including phenoxy) is 1. The van der Waals surface area contributed by atoms with Crippen molar-refractivity contribution in [3.63, 3.8) is 0 Å².